The first-order valence-corrected chi connectivity index (χ1v) is 40.5. The fourth-order valence-electron chi connectivity index (χ4n) is 15.3. The van der Waals surface area contributed by atoms with Crippen LogP contribution in [0, 0.1) is 18.1 Å². The van der Waals surface area contributed by atoms with E-state index >= 15 is 0 Å². The number of aromatic hydroxyl groups is 2. The Morgan fingerprint density at radius 1 is 0.339 bits per heavy atom. The van der Waals surface area contributed by atoms with E-state index in [-0.39, 0.29) is 99.7 Å². The molecule has 2 N–H and O–H groups in total. The van der Waals surface area contributed by atoms with Crippen molar-refractivity contribution in [3.8, 4) is 89.9 Å². The molecule has 0 saturated heterocycles. The summed E-state index contributed by atoms with van der Waals surface area (Å²) in [5.41, 5.74) is 28.0. The van der Waals surface area contributed by atoms with E-state index in [1.54, 1.807) is 0 Å². The van der Waals surface area contributed by atoms with Crippen LogP contribution in [0.1, 0.15) is 203 Å². The maximum atomic E-state index is 12.3. The molecule has 10 heteroatoms. The summed E-state index contributed by atoms with van der Waals surface area (Å²) < 4.78 is 0. The van der Waals surface area contributed by atoms with Crippen molar-refractivity contribution in [2.75, 3.05) is 0 Å². The van der Waals surface area contributed by atoms with Crippen molar-refractivity contribution in [1.82, 2.24) is 19.9 Å². The van der Waals surface area contributed by atoms with E-state index in [0.717, 1.165) is 101 Å². The molecule has 0 aliphatic rings. The fourth-order valence-corrected chi connectivity index (χ4v) is 15.3. The van der Waals surface area contributed by atoms with Crippen molar-refractivity contribution in [2.24, 2.45) is 5.92 Å². The molecule has 0 saturated carbocycles. The molecule has 9 aromatic carbocycles. The van der Waals surface area contributed by atoms with E-state index < -0.39 is 0 Å². The summed E-state index contributed by atoms with van der Waals surface area (Å²) in [6.07, 6.45) is 4.66. The number of pyridine rings is 4. The molecule has 0 atom stereocenters. The molecule has 0 unspecified atom stereocenters. The summed E-state index contributed by atoms with van der Waals surface area (Å²) in [5, 5.41) is 24.1. The molecule has 13 aromatic rings. The molecule has 0 aliphatic heterocycles. The molecule has 594 valence electrons. The number of phenols is 2. The number of phenolic OH excluding ortho intramolecular Hbond substituents is 2. The van der Waals surface area contributed by atoms with Gasteiger partial charge in [-0.05, 0) is 172 Å². The third kappa shape index (κ3) is 20.6. The van der Waals surface area contributed by atoms with Crippen LogP contribution in [0.15, 0.2) is 255 Å². The maximum absolute atomic E-state index is 12.3. The van der Waals surface area contributed by atoms with Gasteiger partial charge >= 0.3 is 0 Å². The quantitative estimate of drug-likeness (QED) is 0.0740. The first-order valence-electron chi connectivity index (χ1n) is 40.5. The van der Waals surface area contributed by atoms with Gasteiger partial charge in [0.1, 0.15) is 11.5 Å². The Bertz CT molecular complexity index is 5490. The summed E-state index contributed by atoms with van der Waals surface area (Å²) in [5.74, 6) is 1.30. The van der Waals surface area contributed by atoms with Crippen LogP contribution < -0.4 is 33.0 Å². The van der Waals surface area contributed by atoms with Crippen molar-refractivity contribution in [1.29, 1.82) is 0 Å². The molecule has 0 fully saturated rings. The molecule has 0 aliphatic carbocycles. The van der Waals surface area contributed by atoms with Crippen LogP contribution in [0.5, 0.6) is 11.5 Å². The van der Waals surface area contributed by atoms with E-state index in [0.29, 0.717) is 11.7 Å². The van der Waals surface area contributed by atoms with Crippen LogP contribution in [-0.4, -0.2) is 43.6 Å². The Labute approximate surface area is 717 Å². The average Bonchev–Trinajstić information content (AvgIpc) is 0.768. The Morgan fingerprint density at radius 2 is 0.730 bits per heavy atom. The summed E-state index contributed by atoms with van der Waals surface area (Å²) in [7, 11) is 0. The number of benzene rings is 9. The van der Waals surface area contributed by atoms with Crippen molar-refractivity contribution in [3.05, 3.63) is 312 Å². The zero-order chi connectivity index (χ0) is 81.3. The van der Waals surface area contributed by atoms with Gasteiger partial charge in [-0.2, -0.15) is 10.9 Å². The van der Waals surface area contributed by atoms with Gasteiger partial charge in [-0.1, -0.05) is 327 Å². The topological polar surface area (TPSA) is 92.0 Å². The molecule has 115 heavy (non-hydrogen) atoms. The molecule has 0 bridgehead atoms. The Hall–Kier alpha value is -9.31. The van der Waals surface area contributed by atoms with Gasteiger partial charge in [0.25, 0.3) is 0 Å². The third-order valence-electron chi connectivity index (χ3n) is 21.7. The zero-order valence-corrected chi connectivity index (χ0v) is 76.1. The van der Waals surface area contributed by atoms with Gasteiger partial charge in [-0.25, -0.2) is 0 Å². The van der Waals surface area contributed by atoms with Crippen LogP contribution >= 0.6 is 0 Å². The first-order chi connectivity index (χ1) is 53.3. The monoisotopic (exact) mass is 1870 g/mol. The minimum atomic E-state index is -0.295. The Kier molecular flexibility index (Phi) is 27.3. The fraction of sp³-hybridized carbons (Fsp3) is 0.295. The minimum Gasteiger partial charge on any atom is -0.507 e. The van der Waals surface area contributed by atoms with Crippen LogP contribution in [0.3, 0.4) is 0 Å². The zero-order valence-electron chi connectivity index (χ0n) is 71.6. The molecule has 0 spiro atoms. The van der Waals surface area contributed by atoms with Gasteiger partial charge in [0.05, 0.1) is 11.4 Å². The number of aromatic nitrogens is 4. The maximum Gasteiger partial charge on any atom is 0.247 e. The molecular formula is C105H114B2N4O2Pt2-2. The third-order valence-corrected chi connectivity index (χ3v) is 21.7. The number of nitrogens with zero attached hydrogens (tertiary/aromatic N) is 4. The summed E-state index contributed by atoms with van der Waals surface area (Å²) in [6.45, 7) is 48.7. The largest absolute Gasteiger partial charge is 0.507 e. The van der Waals surface area contributed by atoms with Gasteiger partial charge in [0, 0.05) is 88.0 Å². The second kappa shape index (κ2) is 35.6. The normalized spacial score (nSPS) is 12.0. The van der Waals surface area contributed by atoms with Gasteiger partial charge in [0.15, 0.2) is 0 Å². The molecule has 6 nitrogen and oxygen atoms in total. The van der Waals surface area contributed by atoms with Gasteiger partial charge in [-0.15, -0.1) is 59.7 Å². The molecule has 0 radical (unpaired) electrons. The van der Waals surface area contributed by atoms with Crippen LogP contribution in [0.2, 0.25) is 0 Å². The Morgan fingerprint density at radius 3 is 1.19 bits per heavy atom. The van der Waals surface area contributed by atoms with Crippen molar-refractivity contribution < 1.29 is 52.3 Å². The van der Waals surface area contributed by atoms with Crippen LogP contribution in [0.4, 0.5) is 0 Å². The van der Waals surface area contributed by atoms with Gasteiger partial charge in [-0.3, -0.25) is 19.9 Å². The predicted octanol–water partition coefficient (Wildman–Crippen LogP) is 22.8. The predicted molar refractivity (Wildman–Crippen MR) is 483 cm³/mol. The van der Waals surface area contributed by atoms with Crippen LogP contribution in [0.25, 0.3) is 78.4 Å². The standard InChI is InChI=1S/C59H66BN2O.C46H48BN2O.2Pt/c1-38(2)47-26-21-27-48(39-22-16-15-17-23-39)54(47)60(53-28-18-19-29-61-53)46-25-20-24-40(32-46)51-33-42(41-30-43(56(3,4)5)35-44(31-41)57(6,7)8)34-52(62-51)49-36-45(58(9,10)11)37-50(55(49)63)59(12,13)14;1-31(2)25-32-26-41(49-42(27-32)38-29-35(45(3,4)5)30-39(44(38)50)46(6,7)8)34-19-16-20-36(28-34)47(43-23-14-15-24-48-43)40-22-13-12-21-37(40)33-17-10-9-11-18-33;;/h15-31,33-38,63H,1-14H3;9-24,26-27,29-31,50H,25H2,1-8H3;;/q2*-1;;. The second-order valence-electron chi connectivity index (χ2n) is 37.8. The SMILES string of the molecule is CC(C)Cc1cc(-c2[c-]c(B(c3ccccn3)c3ccccc3-c3ccccc3)ccc2)nc(-c2cc(C(C)(C)C)cc(C(C)(C)C)c2O)c1.CC(C)c1cccc(-c2ccccc2)c1B(c1[c-]c(-c2cc(-c3cc(C(C)(C)C)cc(C(C)(C)C)c3)cc(-c3cc(C(C)(C)C)cc(C(C)(C)C)c3O)n2)ccc1)c1ccccn1.[Pt].[Pt]. The van der Waals surface area contributed by atoms with Crippen LogP contribution in [-0.2, 0) is 81.0 Å². The van der Waals surface area contributed by atoms with Crippen molar-refractivity contribution in [3.63, 3.8) is 0 Å². The number of rotatable bonds is 16. The molecular weight excluding hydrogens is 1760 g/mol. The first kappa shape index (κ1) is 88.1. The molecule has 4 heterocycles. The molecule has 0 amide bonds. The van der Waals surface area contributed by atoms with E-state index in [1.807, 2.05) is 24.5 Å². The summed E-state index contributed by atoms with van der Waals surface area (Å²) in [4.78, 5) is 20.7. The summed E-state index contributed by atoms with van der Waals surface area (Å²) >= 11 is 0. The number of hydrogen-bond acceptors (Lipinski definition) is 6. The smallest absolute Gasteiger partial charge is 0.247 e. The van der Waals surface area contributed by atoms with Gasteiger partial charge in [0.2, 0.25) is 13.4 Å². The minimum absolute atomic E-state index is 0. The average molecular weight is 1880 g/mol. The number of hydrogen-bond donors (Lipinski definition) is 2. The van der Waals surface area contributed by atoms with E-state index in [1.165, 1.54) is 61.0 Å². The second-order valence-corrected chi connectivity index (χ2v) is 37.8. The molecule has 13 rings (SSSR count). The molecule has 4 aromatic heterocycles. The van der Waals surface area contributed by atoms with E-state index in [9.17, 15) is 10.2 Å². The van der Waals surface area contributed by atoms with E-state index in [2.05, 4.69) is 395 Å². The van der Waals surface area contributed by atoms with Gasteiger partial charge < -0.3 is 10.2 Å². The van der Waals surface area contributed by atoms with Crippen molar-refractivity contribution >= 4 is 46.5 Å². The van der Waals surface area contributed by atoms with E-state index in [4.69, 9.17) is 19.9 Å². The van der Waals surface area contributed by atoms with Crippen molar-refractivity contribution in [2.45, 2.75) is 197 Å². The Balaban J connectivity index is 0.000000245. The summed E-state index contributed by atoms with van der Waals surface area (Å²) in [6, 6.07) is 93.9.